The third-order valence-electron chi connectivity index (χ3n) is 2.09. The third kappa shape index (κ3) is 4.13. The van der Waals surface area contributed by atoms with Crippen molar-refractivity contribution in [2.75, 3.05) is 13.7 Å². The summed E-state index contributed by atoms with van der Waals surface area (Å²) in [7, 11) is 1.64. The normalized spacial score (nSPS) is 10.0. The molecular formula is C12H16FNO. The Balaban J connectivity index is 2.37. The Morgan fingerprint density at radius 1 is 1.47 bits per heavy atom. The summed E-state index contributed by atoms with van der Waals surface area (Å²) in [5, 5.41) is 3.06. The average Bonchev–Trinajstić information content (AvgIpc) is 2.25. The molecule has 0 saturated heterocycles. The number of rotatable bonds is 6. The third-order valence-corrected chi connectivity index (χ3v) is 2.09. The maximum absolute atomic E-state index is 13.2. The van der Waals surface area contributed by atoms with E-state index in [1.807, 2.05) is 6.07 Å². The lowest BCUT2D eigenvalue weighted by molar-refractivity contribution is 0.200. The molecule has 0 atom stereocenters. The van der Waals surface area contributed by atoms with Gasteiger partial charge in [0.05, 0.1) is 6.61 Å². The van der Waals surface area contributed by atoms with Gasteiger partial charge in [0.25, 0.3) is 0 Å². The number of nitrogens with one attached hydrogen (secondary N) is 1. The van der Waals surface area contributed by atoms with Crippen LogP contribution in [0.15, 0.2) is 36.5 Å². The SMILES string of the molecule is C=C(CCOC)NCc1ccccc1F. The molecule has 15 heavy (non-hydrogen) atoms. The zero-order valence-electron chi connectivity index (χ0n) is 8.92. The smallest absolute Gasteiger partial charge is 0.128 e. The predicted octanol–water partition coefficient (Wildman–Crippen LogP) is 2.47. The summed E-state index contributed by atoms with van der Waals surface area (Å²) in [6.45, 7) is 4.92. The molecule has 1 N–H and O–H groups in total. The van der Waals surface area contributed by atoms with E-state index >= 15 is 0 Å². The van der Waals surface area contributed by atoms with Crippen molar-refractivity contribution in [1.82, 2.24) is 5.32 Å². The number of hydrogen-bond acceptors (Lipinski definition) is 2. The molecule has 0 aliphatic heterocycles. The summed E-state index contributed by atoms with van der Waals surface area (Å²) >= 11 is 0. The standard InChI is InChI=1S/C12H16FNO/c1-10(7-8-15-2)14-9-11-5-3-4-6-12(11)13/h3-6,14H,1,7-9H2,2H3. The molecule has 1 aromatic rings. The lowest BCUT2D eigenvalue weighted by Crippen LogP contribution is -2.14. The molecule has 82 valence electrons. The topological polar surface area (TPSA) is 21.3 Å². The van der Waals surface area contributed by atoms with Crippen molar-refractivity contribution in [3.63, 3.8) is 0 Å². The van der Waals surface area contributed by atoms with Gasteiger partial charge in [0.1, 0.15) is 5.82 Å². The molecule has 3 heteroatoms. The molecule has 0 spiro atoms. The predicted molar refractivity (Wildman–Crippen MR) is 58.9 cm³/mol. The van der Waals surface area contributed by atoms with E-state index in [1.54, 1.807) is 19.2 Å². The summed E-state index contributed by atoms with van der Waals surface area (Å²) < 4.78 is 18.1. The summed E-state index contributed by atoms with van der Waals surface area (Å²) in [6.07, 6.45) is 0.741. The van der Waals surface area contributed by atoms with Gasteiger partial charge in [0.15, 0.2) is 0 Å². The van der Waals surface area contributed by atoms with E-state index in [0.29, 0.717) is 18.7 Å². The van der Waals surface area contributed by atoms with Crippen LogP contribution in [0.5, 0.6) is 0 Å². The second-order valence-electron chi connectivity index (χ2n) is 3.29. The van der Waals surface area contributed by atoms with Gasteiger partial charge in [-0.2, -0.15) is 0 Å². The van der Waals surface area contributed by atoms with E-state index in [2.05, 4.69) is 11.9 Å². The first-order valence-electron chi connectivity index (χ1n) is 4.88. The highest BCUT2D eigenvalue weighted by Gasteiger charge is 2.00. The highest BCUT2D eigenvalue weighted by molar-refractivity contribution is 5.17. The zero-order chi connectivity index (χ0) is 11.1. The van der Waals surface area contributed by atoms with Gasteiger partial charge in [0.2, 0.25) is 0 Å². The van der Waals surface area contributed by atoms with Crippen LogP contribution in [0, 0.1) is 5.82 Å². The number of methoxy groups -OCH3 is 1. The summed E-state index contributed by atoms with van der Waals surface area (Å²) in [5.74, 6) is -0.190. The minimum Gasteiger partial charge on any atom is -0.385 e. The molecular weight excluding hydrogens is 193 g/mol. The first-order valence-corrected chi connectivity index (χ1v) is 4.88. The van der Waals surface area contributed by atoms with Crippen molar-refractivity contribution in [2.24, 2.45) is 0 Å². The fourth-order valence-electron chi connectivity index (χ4n) is 1.18. The fraction of sp³-hybridized carbons (Fsp3) is 0.333. The number of hydrogen-bond donors (Lipinski definition) is 1. The minimum atomic E-state index is -0.190. The van der Waals surface area contributed by atoms with Crippen LogP contribution in [-0.4, -0.2) is 13.7 Å². The monoisotopic (exact) mass is 209 g/mol. The molecule has 1 rings (SSSR count). The van der Waals surface area contributed by atoms with Gasteiger partial charge < -0.3 is 10.1 Å². The Bertz CT molecular complexity index is 325. The Kier molecular flexibility index (Phi) is 4.84. The van der Waals surface area contributed by atoms with E-state index in [9.17, 15) is 4.39 Å². The van der Waals surface area contributed by atoms with E-state index in [1.165, 1.54) is 6.07 Å². The molecule has 0 bridgehead atoms. The van der Waals surface area contributed by atoms with Gasteiger partial charge in [-0.25, -0.2) is 4.39 Å². The summed E-state index contributed by atoms with van der Waals surface area (Å²) in [4.78, 5) is 0. The quantitative estimate of drug-likeness (QED) is 0.777. The Morgan fingerprint density at radius 2 is 2.20 bits per heavy atom. The highest BCUT2D eigenvalue weighted by Crippen LogP contribution is 2.06. The molecule has 0 aliphatic rings. The first kappa shape index (κ1) is 11.7. The minimum absolute atomic E-state index is 0.190. The van der Waals surface area contributed by atoms with Crippen LogP contribution in [0.3, 0.4) is 0 Å². The molecule has 0 saturated carbocycles. The molecule has 2 nitrogen and oxygen atoms in total. The highest BCUT2D eigenvalue weighted by atomic mass is 19.1. The van der Waals surface area contributed by atoms with Gasteiger partial charge in [-0.3, -0.25) is 0 Å². The molecule has 0 amide bonds. The Morgan fingerprint density at radius 3 is 2.87 bits per heavy atom. The van der Waals surface area contributed by atoms with Crippen LogP contribution >= 0.6 is 0 Å². The van der Waals surface area contributed by atoms with Crippen molar-refractivity contribution < 1.29 is 9.13 Å². The van der Waals surface area contributed by atoms with Crippen LogP contribution in [0.2, 0.25) is 0 Å². The van der Waals surface area contributed by atoms with Gasteiger partial charge in [-0.15, -0.1) is 0 Å². The second-order valence-corrected chi connectivity index (χ2v) is 3.29. The molecule has 1 aromatic carbocycles. The van der Waals surface area contributed by atoms with E-state index in [0.717, 1.165) is 12.1 Å². The molecule has 0 unspecified atom stereocenters. The molecule has 0 heterocycles. The number of benzene rings is 1. The Labute approximate surface area is 89.8 Å². The van der Waals surface area contributed by atoms with Gasteiger partial charge >= 0.3 is 0 Å². The summed E-state index contributed by atoms with van der Waals surface area (Å²) in [6, 6.07) is 6.71. The van der Waals surface area contributed by atoms with Crippen molar-refractivity contribution in [3.8, 4) is 0 Å². The number of ether oxygens (including phenoxy) is 1. The lowest BCUT2D eigenvalue weighted by Gasteiger charge is -2.09. The van der Waals surface area contributed by atoms with Gasteiger partial charge in [-0.05, 0) is 6.07 Å². The zero-order valence-corrected chi connectivity index (χ0v) is 8.92. The van der Waals surface area contributed by atoms with Crippen LogP contribution < -0.4 is 5.32 Å². The van der Waals surface area contributed by atoms with Crippen molar-refractivity contribution in [2.45, 2.75) is 13.0 Å². The molecule has 0 aliphatic carbocycles. The van der Waals surface area contributed by atoms with E-state index in [-0.39, 0.29) is 5.82 Å². The maximum atomic E-state index is 13.2. The Hall–Kier alpha value is -1.35. The molecule has 0 aromatic heterocycles. The van der Waals surface area contributed by atoms with Crippen LogP contribution in [0.1, 0.15) is 12.0 Å². The maximum Gasteiger partial charge on any atom is 0.128 e. The van der Waals surface area contributed by atoms with Crippen molar-refractivity contribution >= 4 is 0 Å². The lowest BCUT2D eigenvalue weighted by atomic mass is 10.2. The van der Waals surface area contributed by atoms with Crippen molar-refractivity contribution in [1.29, 1.82) is 0 Å². The van der Waals surface area contributed by atoms with Gasteiger partial charge in [-0.1, -0.05) is 24.8 Å². The first-order chi connectivity index (χ1) is 7.24. The van der Waals surface area contributed by atoms with Crippen molar-refractivity contribution in [3.05, 3.63) is 47.9 Å². The van der Waals surface area contributed by atoms with Crippen LogP contribution in [0.4, 0.5) is 4.39 Å². The fourth-order valence-corrected chi connectivity index (χ4v) is 1.18. The van der Waals surface area contributed by atoms with Crippen LogP contribution in [0.25, 0.3) is 0 Å². The largest absolute Gasteiger partial charge is 0.385 e. The average molecular weight is 209 g/mol. The van der Waals surface area contributed by atoms with E-state index < -0.39 is 0 Å². The molecule has 0 radical (unpaired) electrons. The van der Waals surface area contributed by atoms with Gasteiger partial charge in [0, 0.05) is 31.3 Å². The van der Waals surface area contributed by atoms with Crippen LogP contribution in [-0.2, 0) is 11.3 Å². The second kappa shape index (κ2) is 6.19. The number of halogens is 1. The summed E-state index contributed by atoms with van der Waals surface area (Å²) in [5.41, 5.74) is 1.51. The van der Waals surface area contributed by atoms with E-state index in [4.69, 9.17) is 4.74 Å². The molecule has 0 fully saturated rings.